The first-order valence-corrected chi connectivity index (χ1v) is 11.1. The molecule has 4 nitrogen and oxygen atoms in total. The molecular weight excluding hydrogens is 400 g/mol. The topological polar surface area (TPSA) is 56.7 Å². The Morgan fingerprint density at radius 1 is 0.935 bits per heavy atom. The van der Waals surface area contributed by atoms with Gasteiger partial charge in [0.25, 0.3) is 0 Å². The molecule has 158 valence electrons. The molecule has 0 radical (unpaired) electrons. The number of fused-ring (bicyclic) bond motifs is 1. The lowest BCUT2D eigenvalue weighted by molar-refractivity contribution is 0.945. The van der Waals surface area contributed by atoms with Crippen LogP contribution in [0.15, 0.2) is 53.3 Å². The van der Waals surface area contributed by atoms with Crippen molar-refractivity contribution in [3.8, 4) is 0 Å². The van der Waals surface area contributed by atoms with Gasteiger partial charge in [0.2, 0.25) is 0 Å². The molecule has 2 N–H and O–H groups in total. The molecule has 5 heteroatoms. The predicted molar refractivity (Wildman–Crippen MR) is 132 cm³/mol. The third kappa shape index (κ3) is 3.43. The zero-order valence-corrected chi connectivity index (χ0v) is 19.8. The SMILES string of the molecule is C=C(c1cccc(Sc2c(C)c(C)c(C)c(C)c2N)c1C)c1cncc2ncn(C)c12. The number of nitrogens with zero attached hydrogens (tertiary/aromatic N) is 3. The third-order valence-corrected chi connectivity index (χ3v) is 7.84. The monoisotopic (exact) mass is 428 g/mol. The summed E-state index contributed by atoms with van der Waals surface area (Å²) in [6.45, 7) is 15.2. The van der Waals surface area contributed by atoms with E-state index in [4.69, 9.17) is 5.73 Å². The highest BCUT2D eigenvalue weighted by Gasteiger charge is 2.18. The van der Waals surface area contributed by atoms with E-state index < -0.39 is 0 Å². The van der Waals surface area contributed by atoms with Crippen molar-refractivity contribution in [2.24, 2.45) is 7.05 Å². The summed E-state index contributed by atoms with van der Waals surface area (Å²) in [5, 5.41) is 0. The van der Waals surface area contributed by atoms with Crippen LogP contribution in [0.25, 0.3) is 16.6 Å². The van der Waals surface area contributed by atoms with Crippen LogP contribution in [0.2, 0.25) is 0 Å². The maximum absolute atomic E-state index is 6.55. The zero-order valence-electron chi connectivity index (χ0n) is 19.0. The highest BCUT2D eigenvalue weighted by atomic mass is 32.2. The van der Waals surface area contributed by atoms with Crippen molar-refractivity contribution >= 4 is 34.1 Å². The average Bonchev–Trinajstić information content (AvgIpc) is 3.15. The summed E-state index contributed by atoms with van der Waals surface area (Å²) < 4.78 is 2.02. The maximum Gasteiger partial charge on any atom is 0.107 e. The van der Waals surface area contributed by atoms with E-state index in [0.29, 0.717) is 0 Å². The van der Waals surface area contributed by atoms with Crippen molar-refractivity contribution < 1.29 is 0 Å². The van der Waals surface area contributed by atoms with Crippen molar-refractivity contribution in [2.45, 2.75) is 44.4 Å². The Morgan fingerprint density at radius 3 is 2.39 bits per heavy atom. The van der Waals surface area contributed by atoms with Crippen LogP contribution in [0, 0.1) is 34.6 Å². The van der Waals surface area contributed by atoms with Crippen LogP contribution in [-0.2, 0) is 7.05 Å². The van der Waals surface area contributed by atoms with Crippen LogP contribution in [-0.4, -0.2) is 14.5 Å². The Morgan fingerprint density at radius 2 is 1.65 bits per heavy atom. The number of anilines is 1. The summed E-state index contributed by atoms with van der Waals surface area (Å²) in [6, 6.07) is 6.37. The fourth-order valence-corrected chi connectivity index (χ4v) is 5.28. The van der Waals surface area contributed by atoms with Crippen molar-refractivity contribution in [3.05, 3.63) is 82.4 Å². The average molecular weight is 429 g/mol. The number of benzene rings is 2. The summed E-state index contributed by atoms with van der Waals surface area (Å²) in [5.74, 6) is 0. The lowest BCUT2D eigenvalue weighted by atomic mass is 9.96. The second-order valence-electron chi connectivity index (χ2n) is 8.16. The van der Waals surface area contributed by atoms with E-state index in [1.807, 2.05) is 24.1 Å². The van der Waals surface area contributed by atoms with Gasteiger partial charge in [-0.15, -0.1) is 0 Å². The molecule has 2 aromatic carbocycles. The summed E-state index contributed by atoms with van der Waals surface area (Å²) >= 11 is 1.74. The first-order valence-electron chi connectivity index (χ1n) is 10.3. The Hall–Kier alpha value is -3.05. The maximum atomic E-state index is 6.55. The molecule has 0 unspecified atom stereocenters. The Labute approximate surface area is 188 Å². The first kappa shape index (κ1) is 21.2. The molecule has 0 saturated carbocycles. The van der Waals surface area contributed by atoms with E-state index in [9.17, 15) is 0 Å². The van der Waals surface area contributed by atoms with Gasteiger partial charge < -0.3 is 10.3 Å². The van der Waals surface area contributed by atoms with Crippen molar-refractivity contribution in [3.63, 3.8) is 0 Å². The van der Waals surface area contributed by atoms with Gasteiger partial charge in [-0.2, -0.15) is 0 Å². The normalized spacial score (nSPS) is 11.3. The number of pyridine rings is 1. The molecule has 0 aliphatic carbocycles. The van der Waals surface area contributed by atoms with Crippen LogP contribution < -0.4 is 5.73 Å². The molecule has 2 aromatic heterocycles. The second kappa shape index (κ2) is 7.89. The summed E-state index contributed by atoms with van der Waals surface area (Å²) in [6.07, 6.45) is 5.48. The van der Waals surface area contributed by atoms with E-state index in [1.54, 1.807) is 18.0 Å². The molecule has 0 aliphatic rings. The highest BCUT2D eigenvalue weighted by molar-refractivity contribution is 7.99. The van der Waals surface area contributed by atoms with Gasteiger partial charge in [-0.3, -0.25) is 4.98 Å². The quantitative estimate of drug-likeness (QED) is 0.387. The van der Waals surface area contributed by atoms with Gasteiger partial charge in [-0.1, -0.05) is 30.5 Å². The molecule has 0 spiro atoms. The third-order valence-electron chi connectivity index (χ3n) is 6.44. The number of nitrogen functional groups attached to an aromatic ring is 1. The number of hydrogen-bond donors (Lipinski definition) is 1. The Bertz CT molecular complexity index is 1320. The lowest BCUT2D eigenvalue weighted by Gasteiger charge is -2.19. The van der Waals surface area contributed by atoms with E-state index in [0.717, 1.165) is 43.9 Å². The van der Waals surface area contributed by atoms with Gasteiger partial charge in [0.15, 0.2) is 0 Å². The van der Waals surface area contributed by atoms with Gasteiger partial charge in [-0.25, -0.2) is 4.98 Å². The summed E-state index contributed by atoms with van der Waals surface area (Å²) in [7, 11) is 2.00. The standard InChI is InChI=1S/C26H28N4S/c1-14-15(2)17(4)26(24(27)16(14)3)31-23-10-8-9-20(19(23)6)18(5)21-11-28-12-22-25(21)30(7)13-29-22/h8-13H,5,27H2,1-4,6-7H3. The van der Waals surface area contributed by atoms with Gasteiger partial charge in [-0.05, 0) is 79.6 Å². The number of rotatable bonds is 4. The molecule has 0 saturated heterocycles. The van der Waals surface area contributed by atoms with E-state index >= 15 is 0 Å². The molecular formula is C26H28N4S. The number of nitrogens with two attached hydrogens (primary N) is 1. The smallest absolute Gasteiger partial charge is 0.107 e. The van der Waals surface area contributed by atoms with Gasteiger partial charge in [0.1, 0.15) is 5.52 Å². The summed E-state index contributed by atoms with van der Waals surface area (Å²) in [5.41, 5.74) is 18.6. The van der Waals surface area contributed by atoms with E-state index in [-0.39, 0.29) is 0 Å². The van der Waals surface area contributed by atoms with Crippen molar-refractivity contribution in [2.75, 3.05) is 5.73 Å². The molecule has 0 amide bonds. The number of aryl methyl sites for hydroxylation is 1. The summed E-state index contributed by atoms with van der Waals surface area (Å²) in [4.78, 5) is 11.1. The predicted octanol–water partition coefficient (Wildman–Crippen LogP) is 6.31. The van der Waals surface area contributed by atoms with Crippen LogP contribution in [0.3, 0.4) is 0 Å². The van der Waals surface area contributed by atoms with Crippen LogP contribution in [0.4, 0.5) is 5.69 Å². The Balaban J connectivity index is 1.80. The van der Waals surface area contributed by atoms with Gasteiger partial charge in [0.05, 0.1) is 18.0 Å². The molecule has 0 bridgehead atoms. The lowest BCUT2D eigenvalue weighted by Crippen LogP contribution is -2.02. The molecule has 0 atom stereocenters. The van der Waals surface area contributed by atoms with Crippen molar-refractivity contribution in [1.82, 2.24) is 14.5 Å². The molecule has 4 aromatic rings. The van der Waals surface area contributed by atoms with Crippen LogP contribution in [0.5, 0.6) is 0 Å². The van der Waals surface area contributed by atoms with Crippen LogP contribution >= 0.6 is 11.8 Å². The molecule has 0 fully saturated rings. The molecule has 4 rings (SSSR count). The minimum Gasteiger partial charge on any atom is -0.398 e. The largest absolute Gasteiger partial charge is 0.398 e. The zero-order chi connectivity index (χ0) is 22.4. The fraction of sp³-hybridized carbons (Fsp3) is 0.231. The minimum atomic E-state index is 0.873. The minimum absolute atomic E-state index is 0.873. The van der Waals surface area contributed by atoms with E-state index in [1.165, 1.54) is 27.1 Å². The van der Waals surface area contributed by atoms with Gasteiger partial charge >= 0.3 is 0 Å². The Kier molecular flexibility index (Phi) is 5.40. The molecule has 31 heavy (non-hydrogen) atoms. The highest BCUT2D eigenvalue weighted by Crippen LogP contribution is 2.42. The van der Waals surface area contributed by atoms with Crippen LogP contribution in [0.1, 0.15) is 38.9 Å². The first-order chi connectivity index (χ1) is 14.7. The number of aromatic nitrogens is 3. The van der Waals surface area contributed by atoms with E-state index in [2.05, 4.69) is 69.4 Å². The fourth-order valence-electron chi connectivity index (χ4n) is 4.08. The molecule has 2 heterocycles. The molecule has 0 aliphatic heterocycles. The number of imidazole rings is 1. The van der Waals surface area contributed by atoms with Crippen molar-refractivity contribution in [1.29, 1.82) is 0 Å². The second-order valence-corrected chi connectivity index (χ2v) is 9.21. The number of hydrogen-bond acceptors (Lipinski definition) is 4. The van der Waals surface area contributed by atoms with Gasteiger partial charge in [0, 0.05) is 34.3 Å².